The van der Waals surface area contributed by atoms with Crippen molar-refractivity contribution in [2.45, 2.75) is 0 Å². The molecule has 0 aliphatic rings. The molecule has 2 heterocycles. The van der Waals surface area contributed by atoms with E-state index in [2.05, 4.69) is 15.4 Å². The van der Waals surface area contributed by atoms with Crippen LogP contribution in [0.2, 0.25) is 0 Å². The van der Waals surface area contributed by atoms with Gasteiger partial charge in [-0.15, -0.1) is 0 Å². The molecule has 2 N–H and O–H groups in total. The van der Waals surface area contributed by atoms with Gasteiger partial charge in [0.2, 0.25) is 0 Å². The van der Waals surface area contributed by atoms with Crippen LogP contribution < -0.4 is 5.32 Å². The van der Waals surface area contributed by atoms with Crippen molar-refractivity contribution in [1.29, 1.82) is 0 Å². The third-order valence-electron chi connectivity index (χ3n) is 2.10. The number of hydrogen-bond acceptors (Lipinski definition) is 5. The lowest BCUT2D eigenvalue weighted by molar-refractivity contribution is 0.0992. The minimum atomic E-state index is 0.0520. The maximum atomic E-state index is 8.53. The summed E-state index contributed by atoms with van der Waals surface area (Å²) in [5.74, 6) is 0.785. The molecule has 0 spiro atoms. The second-order valence-corrected chi connectivity index (χ2v) is 3.20. The first-order chi connectivity index (χ1) is 7.92. The van der Waals surface area contributed by atoms with Crippen LogP contribution in [0, 0.1) is 0 Å². The first kappa shape index (κ1) is 10.8. The fraction of sp³-hybridized carbons (Fsp3) is 0.400. The number of rotatable bonds is 6. The summed E-state index contributed by atoms with van der Waals surface area (Å²) in [6.45, 7) is 1.61. The third-order valence-corrected chi connectivity index (χ3v) is 2.10. The van der Waals surface area contributed by atoms with Crippen LogP contribution in [0.5, 0.6) is 0 Å². The molecule has 2 aromatic rings. The number of hydrogen-bond donors (Lipinski definition) is 2. The van der Waals surface area contributed by atoms with Gasteiger partial charge in [-0.05, 0) is 6.07 Å². The molecule has 16 heavy (non-hydrogen) atoms. The number of ether oxygens (including phenoxy) is 1. The first-order valence-electron chi connectivity index (χ1n) is 5.12. The van der Waals surface area contributed by atoms with E-state index in [9.17, 15) is 0 Å². The Bertz CT molecular complexity index is 443. The molecule has 0 saturated heterocycles. The normalized spacial score (nSPS) is 10.8. The fourth-order valence-corrected chi connectivity index (χ4v) is 1.40. The van der Waals surface area contributed by atoms with Gasteiger partial charge in [0.05, 0.1) is 26.0 Å². The van der Waals surface area contributed by atoms with Crippen molar-refractivity contribution in [1.82, 2.24) is 14.6 Å². The Morgan fingerprint density at radius 1 is 1.38 bits per heavy atom. The SMILES string of the molecule is OCCOCCNc1nccn2nccc12. The maximum absolute atomic E-state index is 8.53. The number of anilines is 1. The Morgan fingerprint density at radius 2 is 2.31 bits per heavy atom. The molecule has 0 amide bonds. The van der Waals surface area contributed by atoms with E-state index in [-0.39, 0.29) is 6.61 Å². The van der Waals surface area contributed by atoms with Crippen LogP contribution in [0.25, 0.3) is 5.52 Å². The van der Waals surface area contributed by atoms with Crippen LogP contribution in [-0.4, -0.2) is 46.1 Å². The average Bonchev–Trinajstić information content (AvgIpc) is 2.77. The number of aliphatic hydroxyl groups is 1. The molecule has 0 aromatic carbocycles. The highest BCUT2D eigenvalue weighted by Crippen LogP contribution is 2.11. The van der Waals surface area contributed by atoms with Crippen LogP contribution >= 0.6 is 0 Å². The zero-order chi connectivity index (χ0) is 11.2. The van der Waals surface area contributed by atoms with Gasteiger partial charge in [-0.3, -0.25) is 0 Å². The summed E-state index contributed by atoms with van der Waals surface area (Å²) in [7, 11) is 0. The predicted octanol–water partition coefficient (Wildman–Crippen LogP) is 0.150. The van der Waals surface area contributed by atoms with Crippen LogP contribution in [0.1, 0.15) is 0 Å². The number of nitrogens with one attached hydrogen (secondary N) is 1. The van der Waals surface area contributed by atoms with Crippen molar-refractivity contribution >= 4 is 11.3 Å². The molecule has 0 aliphatic carbocycles. The van der Waals surface area contributed by atoms with Gasteiger partial charge in [0.15, 0.2) is 5.82 Å². The zero-order valence-corrected chi connectivity index (χ0v) is 8.83. The lowest BCUT2D eigenvalue weighted by Gasteiger charge is -2.06. The van der Waals surface area contributed by atoms with Gasteiger partial charge in [0, 0.05) is 18.9 Å². The Hall–Kier alpha value is -1.66. The second kappa shape index (κ2) is 5.43. The fourth-order valence-electron chi connectivity index (χ4n) is 1.40. The van der Waals surface area contributed by atoms with E-state index in [0.717, 1.165) is 11.3 Å². The van der Waals surface area contributed by atoms with E-state index in [0.29, 0.717) is 19.8 Å². The number of fused-ring (bicyclic) bond motifs is 1. The first-order valence-corrected chi connectivity index (χ1v) is 5.12. The Morgan fingerprint density at radius 3 is 3.19 bits per heavy atom. The molecule has 6 heteroatoms. The Balaban J connectivity index is 1.91. The molecule has 6 nitrogen and oxygen atoms in total. The summed E-state index contributed by atoms with van der Waals surface area (Å²) < 4.78 is 6.89. The van der Waals surface area contributed by atoms with Crippen molar-refractivity contribution in [2.75, 3.05) is 31.7 Å². The molecule has 0 saturated carbocycles. The highest BCUT2D eigenvalue weighted by Gasteiger charge is 2.01. The maximum Gasteiger partial charge on any atom is 0.152 e. The van der Waals surface area contributed by atoms with Gasteiger partial charge in [0.25, 0.3) is 0 Å². The van der Waals surface area contributed by atoms with Crippen molar-refractivity contribution in [2.24, 2.45) is 0 Å². The quantitative estimate of drug-likeness (QED) is 0.681. The van der Waals surface area contributed by atoms with Crippen molar-refractivity contribution in [3.05, 3.63) is 24.7 Å². The van der Waals surface area contributed by atoms with Crippen molar-refractivity contribution < 1.29 is 9.84 Å². The molecule has 0 aliphatic heterocycles. The smallest absolute Gasteiger partial charge is 0.152 e. The molecule has 0 unspecified atom stereocenters. The molecule has 86 valence electrons. The summed E-state index contributed by atoms with van der Waals surface area (Å²) in [5, 5.41) is 15.8. The molecule has 0 fully saturated rings. The van der Waals surface area contributed by atoms with Gasteiger partial charge in [0.1, 0.15) is 5.52 Å². The predicted molar refractivity (Wildman–Crippen MR) is 59.4 cm³/mol. The lowest BCUT2D eigenvalue weighted by atomic mass is 10.4. The number of aliphatic hydroxyl groups excluding tert-OH is 1. The molecule has 2 aromatic heterocycles. The third kappa shape index (κ3) is 2.47. The van der Waals surface area contributed by atoms with Crippen LogP contribution in [0.15, 0.2) is 24.7 Å². The van der Waals surface area contributed by atoms with E-state index < -0.39 is 0 Å². The van der Waals surface area contributed by atoms with Crippen LogP contribution in [-0.2, 0) is 4.74 Å². The van der Waals surface area contributed by atoms with Crippen LogP contribution in [0.3, 0.4) is 0 Å². The topological polar surface area (TPSA) is 71.7 Å². The number of nitrogens with zero attached hydrogens (tertiary/aromatic N) is 3. The summed E-state index contributed by atoms with van der Waals surface area (Å²) in [6, 6.07) is 1.89. The van der Waals surface area contributed by atoms with E-state index in [1.807, 2.05) is 6.07 Å². The van der Waals surface area contributed by atoms with Crippen molar-refractivity contribution in [3.63, 3.8) is 0 Å². The molecule has 0 atom stereocenters. The van der Waals surface area contributed by atoms with Gasteiger partial charge in [-0.25, -0.2) is 9.50 Å². The van der Waals surface area contributed by atoms with E-state index in [4.69, 9.17) is 9.84 Å². The van der Waals surface area contributed by atoms with Gasteiger partial charge in [-0.1, -0.05) is 0 Å². The largest absolute Gasteiger partial charge is 0.394 e. The zero-order valence-electron chi connectivity index (χ0n) is 8.83. The van der Waals surface area contributed by atoms with Gasteiger partial charge >= 0.3 is 0 Å². The monoisotopic (exact) mass is 222 g/mol. The summed E-state index contributed by atoms with van der Waals surface area (Å²) in [5.41, 5.74) is 0.935. The Kier molecular flexibility index (Phi) is 3.68. The molecule has 0 bridgehead atoms. The minimum absolute atomic E-state index is 0.0520. The van der Waals surface area contributed by atoms with E-state index >= 15 is 0 Å². The second-order valence-electron chi connectivity index (χ2n) is 3.20. The standard InChI is InChI=1S/C10H14N4O2/c15-6-8-16-7-4-12-10-9-1-2-13-14(9)5-3-11-10/h1-3,5,15H,4,6-8H2,(H,11,12). The summed E-state index contributed by atoms with van der Waals surface area (Å²) >= 11 is 0. The highest BCUT2D eigenvalue weighted by molar-refractivity contribution is 5.66. The van der Waals surface area contributed by atoms with Gasteiger partial charge < -0.3 is 15.2 Å². The summed E-state index contributed by atoms with van der Waals surface area (Å²) in [4.78, 5) is 4.22. The van der Waals surface area contributed by atoms with Crippen molar-refractivity contribution in [3.8, 4) is 0 Å². The van der Waals surface area contributed by atoms with Crippen LogP contribution in [0.4, 0.5) is 5.82 Å². The molecule has 2 rings (SSSR count). The van der Waals surface area contributed by atoms with E-state index in [1.54, 1.807) is 23.1 Å². The molecular weight excluding hydrogens is 208 g/mol. The number of aromatic nitrogens is 3. The molecule has 0 radical (unpaired) electrons. The Labute approximate surface area is 92.9 Å². The summed E-state index contributed by atoms with van der Waals surface area (Å²) in [6.07, 6.45) is 5.21. The molecular formula is C10H14N4O2. The van der Waals surface area contributed by atoms with E-state index in [1.165, 1.54) is 0 Å². The van der Waals surface area contributed by atoms with Gasteiger partial charge in [-0.2, -0.15) is 5.10 Å². The average molecular weight is 222 g/mol. The minimum Gasteiger partial charge on any atom is -0.394 e. The lowest BCUT2D eigenvalue weighted by Crippen LogP contribution is -2.12. The highest BCUT2D eigenvalue weighted by atomic mass is 16.5.